The van der Waals surface area contributed by atoms with Crippen LogP contribution in [0.4, 0.5) is 5.69 Å². The van der Waals surface area contributed by atoms with Gasteiger partial charge in [-0.3, -0.25) is 14.4 Å². The summed E-state index contributed by atoms with van der Waals surface area (Å²) in [6, 6.07) is 12.5. The van der Waals surface area contributed by atoms with E-state index in [9.17, 15) is 14.4 Å². The molecule has 1 fully saturated rings. The van der Waals surface area contributed by atoms with Gasteiger partial charge in [-0.05, 0) is 37.5 Å². The van der Waals surface area contributed by atoms with Crippen LogP contribution < -0.4 is 15.4 Å². The molecule has 0 saturated carbocycles. The number of methoxy groups -OCH3 is 1. The van der Waals surface area contributed by atoms with Gasteiger partial charge in [0.2, 0.25) is 17.7 Å². The highest BCUT2D eigenvalue weighted by Crippen LogP contribution is 2.18. The monoisotopic (exact) mass is 424 g/mol. The number of carbonyl (C=O) groups is 3. The zero-order chi connectivity index (χ0) is 22.1. The minimum atomic E-state index is -0.283. The van der Waals surface area contributed by atoms with Gasteiger partial charge in [0.1, 0.15) is 0 Å². The van der Waals surface area contributed by atoms with Crippen molar-refractivity contribution in [3.05, 3.63) is 54.2 Å². The Hall–Kier alpha value is -3.42. The van der Waals surface area contributed by atoms with Gasteiger partial charge in [-0.25, -0.2) is 4.98 Å². The smallest absolute Gasteiger partial charge is 0.253 e. The molecule has 164 valence electrons. The topological polar surface area (TPSA) is 101 Å². The Morgan fingerprint density at radius 2 is 1.94 bits per heavy atom. The van der Waals surface area contributed by atoms with E-state index in [0.717, 1.165) is 0 Å². The molecule has 3 amide bonds. The first-order valence-corrected chi connectivity index (χ1v) is 10.5. The molecule has 1 aromatic carbocycles. The molecule has 0 bridgehead atoms. The summed E-state index contributed by atoms with van der Waals surface area (Å²) in [4.78, 5) is 43.7. The van der Waals surface area contributed by atoms with Crippen LogP contribution in [0.1, 0.15) is 36.0 Å². The molecule has 31 heavy (non-hydrogen) atoms. The minimum absolute atomic E-state index is 0.0991. The van der Waals surface area contributed by atoms with Crippen LogP contribution in [-0.2, 0) is 9.59 Å². The summed E-state index contributed by atoms with van der Waals surface area (Å²) in [5, 5.41) is 5.74. The number of amides is 3. The van der Waals surface area contributed by atoms with E-state index in [2.05, 4.69) is 15.6 Å². The van der Waals surface area contributed by atoms with E-state index >= 15 is 0 Å². The van der Waals surface area contributed by atoms with E-state index in [4.69, 9.17) is 4.74 Å². The first kappa shape index (κ1) is 22.3. The van der Waals surface area contributed by atoms with Gasteiger partial charge in [-0.1, -0.05) is 18.2 Å². The summed E-state index contributed by atoms with van der Waals surface area (Å²) in [7, 11) is 1.53. The van der Waals surface area contributed by atoms with E-state index in [1.165, 1.54) is 7.11 Å². The molecular weight excluding hydrogens is 396 g/mol. The number of rotatable bonds is 4. The third-order valence-electron chi connectivity index (χ3n) is 5.30. The number of nitrogens with one attached hydrogen (secondary N) is 2. The number of carbonyl (C=O) groups excluding carboxylic acids is 3. The van der Waals surface area contributed by atoms with Crippen molar-refractivity contribution in [3.8, 4) is 5.88 Å². The Bertz CT molecular complexity index is 886. The molecule has 1 saturated heterocycles. The molecule has 8 nitrogen and oxygen atoms in total. The first-order valence-electron chi connectivity index (χ1n) is 10.5. The van der Waals surface area contributed by atoms with Crippen LogP contribution in [0, 0.1) is 5.92 Å². The van der Waals surface area contributed by atoms with Crippen molar-refractivity contribution in [2.75, 3.05) is 32.1 Å². The molecule has 2 aromatic rings. The van der Waals surface area contributed by atoms with Crippen LogP contribution in [0.15, 0.2) is 48.7 Å². The molecule has 2 heterocycles. The summed E-state index contributed by atoms with van der Waals surface area (Å²) in [6.07, 6.45) is 3.61. The lowest BCUT2D eigenvalue weighted by molar-refractivity contribution is -0.122. The average molecular weight is 425 g/mol. The quantitative estimate of drug-likeness (QED) is 0.785. The summed E-state index contributed by atoms with van der Waals surface area (Å²) >= 11 is 0. The highest BCUT2D eigenvalue weighted by Gasteiger charge is 2.22. The molecule has 2 N–H and O–H groups in total. The average Bonchev–Trinajstić information content (AvgIpc) is 2.84. The van der Waals surface area contributed by atoms with Crippen LogP contribution in [0.3, 0.4) is 0 Å². The van der Waals surface area contributed by atoms with Crippen molar-refractivity contribution in [1.29, 1.82) is 0 Å². The molecular formula is C23H28N4O4. The minimum Gasteiger partial charge on any atom is -0.481 e. The summed E-state index contributed by atoms with van der Waals surface area (Å²) in [5.41, 5.74) is 1.18. The second-order valence-electron chi connectivity index (χ2n) is 7.46. The SMILES string of the molecule is COc1ccc(NC(=O)C2CCCN(C(=O)c3ccccc3)CCC(=O)NCC2)cn1. The molecule has 1 aromatic heterocycles. The van der Waals surface area contributed by atoms with Crippen LogP contribution in [0.25, 0.3) is 0 Å². The number of hydrogen-bond donors (Lipinski definition) is 2. The lowest BCUT2D eigenvalue weighted by atomic mass is 9.98. The Labute approximate surface area is 182 Å². The molecule has 1 aliphatic rings. The van der Waals surface area contributed by atoms with Gasteiger partial charge >= 0.3 is 0 Å². The number of nitrogens with zero attached hydrogens (tertiary/aromatic N) is 2. The van der Waals surface area contributed by atoms with Crippen molar-refractivity contribution < 1.29 is 19.1 Å². The summed E-state index contributed by atoms with van der Waals surface area (Å²) < 4.78 is 5.03. The van der Waals surface area contributed by atoms with Gasteiger partial charge in [0.15, 0.2) is 0 Å². The van der Waals surface area contributed by atoms with Crippen molar-refractivity contribution >= 4 is 23.4 Å². The third kappa shape index (κ3) is 6.53. The number of benzene rings is 1. The lowest BCUT2D eigenvalue weighted by Crippen LogP contribution is -2.35. The van der Waals surface area contributed by atoms with E-state index in [-0.39, 0.29) is 30.1 Å². The molecule has 1 unspecified atom stereocenters. The largest absolute Gasteiger partial charge is 0.481 e. The molecule has 1 aliphatic heterocycles. The molecule has 0 aliphatic carbocycles. The predicted octanol–water partition coefficient (Wildman–Crippen LogP) is 2.48. The van der Waals surface area contributed by atoms with Gasteiger partial charge in [0, 0.05) is 43.6 Å². The van der Waals surface area contributed by atoms with Crippen molar-refractivity contribution in [2.24, 2.45) is 5.92 Å². The van der Waals surface area contributed by atoms with Crippen LogP contribution in [0.2, 0.25) is 0 Å². The van der Waals surface area contributed by atoms with Crippen molar-refractivity contribution in [3.63, 3.8) is 0 Å². The predicted molar refractivity (Wildman–Crippen MR) is 117 cm³/mol. The van der Waals surface area contributed by atoms with Gasteiger partial charge in [0.05, 0.1) is 19.0 Å². The maximum absolute atomic E-state index is 12.9. The third-order valence-corrected chi connectivity index (χ3v) is 5.30. The van der Waals surface area contributed by atoms with Crippen LogP contribution >= 0.6 is 0 Å². The second kappa shape index (κ2) is 11.1. The molecule has 1 atom stereocenters. The zero-order valence-corrected chi connectivity index (χ0v) is 17.7. The fraction of sp³-hybridized carbons (Fsp3) is 0.391. The first-order chi connectivity index (χ1) is 15.1. The number of aromatic nitrogens is 1. The molecule has 3 rings (SSSR count). The normalized spacial score (nSPS) is 17.8. The maximum atomic E-state index is 12.9. The number of hydrogen-bond acceptors (Lipinski definition) is 5. The van der Waals surface area contributed by atoms with Crippen molar-refractivity contribution in [1.82, 2.24) is 15.2 Å². The molecule has 0 radical (unpaired) electrons. The van der Waals surface area contributed by atoms with Gasteiger partial charge in [-0.15, -0.1) is 0 Å². The van der Waals surface area contributed by atoms with Gasteiger partial charge in [0.25, 0.3) is 5.91 Å². The van der Waals surface area contributed by atoms with Crippen LogP contribution in [-0.4, -0.2) is 54.3 Å². The standard InChI is InChI=1S/C23H28N4O4/c1-31-21-10-9-19(16-25-21)26-22(29)17-8-5-14-27(15-12-20(28)24-13-11-17)23(30)18-6-3-2-4-7-18/h2-4,6-7,9-10,16-17H,5,8,11-15H2,1H3,(H,24,28)(H,26,29). The highest BCUT2D eigenvalue weighted by atomic mass is 16.5. The molecule has 0 spiro atoms. The number of ether oxygens (including phenoxy) is 1. The fourth-order valence-electron chi connectivity index (χ4n) is 3.54. The van der Waals surface area contributed by atoms with E-state index in [1.54, 1.807) is 35.4 Å². The van der Waals surface area contributed by atoms with Gasteiger partial charge in [-0.2, -0.15) is 0 Å². The Kier molecular flexibility index (Phi) is 7.98. The summed E-state index contributed by atoms with van der Waals surface area (Å²) in [5.74, 6) is -0.154. The fourth-order valence-corrected chi connectivity index (χ4v) is 3.54. The van der Waals surface area contributed by atoms with E-state index in [0.29, 0.717) is 56.0 Å². The second-order valence-corrected chi connectivity index (χ2v) is 7.46. The Balaban J connectivity index is 1.64. The number of anilines is 1. The highest BCUT2D eigenvalue weighted by molar-refractivity contribution is 5.94. The van der Waals surface area contributed by atoms with Crippen molar-refractivity contribution in [2.45, 2.75) is 25.7 Å². The Morgan fingerprint density at radius 1 is 1.13 bits per heavy atom. The van der Waals surface area contributed by atoms with E-state index < -0.39 is 0 Å². The van der Waals surface area contributed by atoms with Crippen LogP contribution in [0.5, 0.6) is 5.88 Å². The zero-order valence-electron chi connectivity index (χ0n) is 17.7. The van der Waals surface area contributed by atoms with Gasteiger partial charge < -0.3 is 20.3 Å². The number of pyridine rings is 1. The lowest BCUT2D eigenvalue weighted by Gasteiger charge is -2.23. The summed E-state index contributed by atoms with van der Waals surface area (Å²) in [6.45, 7) is 1.27. The maximum Gasteiger partial charge on any atom is 0.253 e. The molecule has 8 heteroatoms. The van der Waals surface area contributed by atoms with E-state index in [1.807, 2.05) is 18.2 Å². The Morgan fingerprint density at radius 3 is 2.65 bits per heavy atom.